The van der Waals surface area contributed by atoms with Crippen LogP contribution in [0.25, 0.3) is 0 Å². The predicted molar refractivity (Wildman–Crippen MR) is 87.3 cm³/mol. The second-order valence-electron chi connectivity index (χ2n) is 5.08. The van der Waals surface area contributed by atoms with Crippen molar-refractivity contribution in [2.75, 3.05) is 19.8 Å². The molecular weight excluding hydrogens is 318 g/mol. The molecule has 0 aromatic heterocycles. The highest BCUT2D eigenvalue weighted by Crippen LogP contribution is 2.29. The van der Waals surface area contributed by atoms with E-state index in [1.807, 2.05) is 12.1 Å². The van der Waals surface area contributed by atoms with Crippen LogP contribution in [0.4, 0.5) is 0 Å². The third kappa shape index (κ3) is 6.73. The topological polar surface area (TPSA) is 30.5 Å². The van der Waals surface area contributed by atoms with Crippen LogP contribution in [0.2, 0.25) is 0 Å². The molecule has 0 saturated heterocycles. The summed E-state index contributed by atoms with van der Waals surface area (Å²) in [6, 6.07) is 6.59. The van der Waals surface area contributed by atoms with Crippen molar-refractivity contribution in [3.8, 4) is 5.75 Å². The van der Waals surface area contributed by atoms with Crippen molar-refractivity contribution in [2.45, 2.75) is 46.2 Å². The second kappa shape index (κ2) is 10.2. The number of hydrogen-bond acceptors (Lipinski definition) is 3. The second-order valence-corrected chi connectivity index (χ2v) is 5.93. The highest BCUT2D eigenvalue weighted by Gasteiger charge is 2.08. The molecule has 1 aromatic carbocycles. The smallest absolute Gasteiger partial charge is 0.138 e. The van der Waals surface area contributed by atoms with Crippen LogP contribution < -0.4 is 10.1 Å². The normalized spacial score (nSPS) is 11.1. The van der Waals surface area contributed by atoms with Crippen LogP contribution in [0.3, 0.4) is 0 Å². The molecule has 0 bridgehead atoms. The van der Waals surface area contributed by atoms with E-state index < -0.39 is 0 Å². The molecule has 114 valence electrons. The van der Waals surface area contributed by atoms with E-state index in [0.717, 1.165) is 36.2 Å². The minimum atomic E-state index is 0.458. The van der Waals surface area contributed by atoms with E-state index >= 15 is 0 Å². The van der Waals surface area contributed by atoms with Crippen LogP contribution in [0.15, 0.2) is 22.7 Å². The highest BCUT2D eigenvalue weighted by atomic mass is 79.9. The number of ether oxygens (including phenoxy) is 2. The zero-order chi connectivity index (χ0) is 14.8. The van der Waals surface area contributed by atoms with Crippen molar-refractivity contribution in [1.82, 2.24) is 5.32 Å². The van der Waals surface area contributed by atoms with Gasteiger partial charge < -0.3 is 14.8 Å². The molecule has 1 aromatic rings. The van der Waals surface area contributed by atoms with Crippen molar-refractivity contribution < 1.29 is 9.47 Å². The van der Waals surface area contributed by atoms with E-state index in [1.165, 1.54) is 5.56 Å². The lowest BCUT2D eigenvalue weighted by molar-refractivity contribution is 0.0974. The summed E-state index contributed by atoms with van der Waals surface area (Å²) in [6.45, 7) is 9.29. The van der Waals surface area contributed by atoms with Crippen molar-refractivity contribution in [3.05, 3.63) is 28.2 Å². The van der Waals surface area contributed by atoms with E-state index in [1.54, 1.807) is 0 Å². The Morgan fingerprint density at radius 1 is 1.20 bits per heavy atom. The van der Waals surface area contributed by atoms with Gasteiger partial charge in [0, 0.05) is 24.8 Å². The van der Waals surface area contributed by atoms with Crippen LogP contribution >= 0.6 is 15.9 Å². The van der Waals surface area contributed by atoms with Crippen molar-refractivity contribution in [3.63, 3.8) is 0 Å². The summed E-state index contributed by atoms with van der Waals surface area (Å²) in [4.78, 5) is 0. The highest BCUT2D eigenvalue weighted by molar-refractivity contribution is 9.10. The van der Waals surface area contributed by atoms with Crippen molar-refractivity contribution in [1.29, 1.82) is 0 Å². The molecule has 3 nitrogen and oxygen atoms in total. The van der Waals surface area contributed by atoms with Crippen LogP contribution in [0, 0.1) is 0 Å². The summed E-state index contributed by atoms with van der Waals surface area (Å²) in [6.07, 6.45) is 2.27. The first kappa shape index (κ1) is 17.5. The average Bonchev–Trinajstić information content (AvgIpc) is 2.42. The van der Waals surface area contributed by atoms with Crippen LogP contribution in [0.1, 0.15) is 39.2 Å². The first-order valence-electron chi connectivity index (χ1n) is 7.36. The lowest BCUT2D eigenvalue weighted by Crippen LogP contribution is -2.22. The summed E-state index contributed by atoms with van der Waals surface area (Å²) < 4.78 is 12.4. The van der Waals surface area contributed by atoms with Gasteiger partial charge in [-0.2, -0.15) is 0 Å². The molecule has 0 aliphatic rings. The van der Waals surface area contributed by atoms with Crippen molar-refractivity contribution >= 4 is 15.9 Å². The van der Waals surface area contributed by atoms with Gasteiger partial charge in [-0.25, -0.2) is 0 Å². The number of nitrogens with one attached hydrogen (secondary N) is 1. The molecule has 0 amide bonds. The Bertz CT molecular complexity index is 383. The Morgan fingerprint density at radius 2 is 2.00 bits per heavy atom. The van der Waals surface area contributed by atoms with Gasteiger partial charge >= 0.3 is 0 Å². The number of hydrogen-bond donors (Lipinski definition) is 1. The maximum atomic E-state index is 5.87. The van der Waals surface area contributed by atoms with E-state index in [2.05, 4.69) is 48.1 Å². The summed E-state index contributed by atoms with van der Waals surface area (Å²) in [7, 11) is 0. The molecule has 0 atom stereocenters. The molecule has 4 heteroatoms. The van der Waals surface area contributed by atoms with E-state index in [4.69, 9.17) is 9.47 Å². The first-order valence-corrected chi connectivity index (χ1v) is 8.15. The molecule has 0 unspecified atom stereocenters. The van der Waals surface area contributed by atoms with E-state index in [9.17, 15) is 0 Å². The minimum Gasteiger partial charge on any atom is -0.490 e. The lowest BCUT2D eigenvalue weighted by atomic mass is 10.2. The third-order valence-electron chi connectivity index (χ3n) is 2.87. The number of rotatable bonds is 10. The number of unbranched alkanes of at least 4 members (excludes halogenated alkanes) is 1. The van der Waals surface area contributed by atoms with Crippen LogP contribution in [-0.2, 0) is 11.3 Å². The van der Waals surface area contributed by atoms with Gasteiger partial charge in [0.1, 0.15) is 12.4 Å². The molecule has 0 aliphatic carbocycles. The van der Waals surface area contributed by atoms with Crippen LogP contribution in [0.5, 0.6) is 5.75 Å². The Hall–Kier alpha value is -0.580. The summed E-state index contributed by atoms with van der Waals surface area (Å²) >= 11 is 3.55. The number of para-hydroxylation sites is 1. The van der Waals surface area contributed by atoms with Gasteiger partial charge in [0.25, 0.3) is 0 Å². The quantitative estimate of drug-likeness (QED) is 0.647. The van der Waals surface area contributed by atoms with E-state index in [0.29, 0.717) is 19.3 Å². The summed E-state index contributed by atoms with van der Waals surface area (Å²) in [5.41, 5.74) is 1.17. The van der Waals surface area contributed by atoms with E-state index in [-0.39, 0.29) is 0 Å². The largest absolute Gasteiger partial charge is 0.490 e. The fourth-order valence-corrected chi connectivity index (χ4v) is 2.24. The monoisotopic (exact) mass is 343 g/mol. The fourth-order valence-electron chi connectivity index (χ4n) is 1.72. The van der Waals surface area contributed by atoms with Crippen molar-refractivity contribution in [2.24, 2.45) is 0 Å². The van der Waals surface area contributed by atoms with Crippen LogP contribution in [-0.4, -0.2) is 25.9 Å². The van der Waals surface area contributed by atoms with Gasteiger partial charge in [0.05, 0.1) is 11.1 Å². The third-order valence-corrected chi connectivity index (χ3v) is 3.49. The SMILES string of the molecule is CCCCOCCOc1c(Br)cccc1CNC(C)C. The first-order chi connectivity index (χ1) is 9.65. The fraction of sp³-hybridized carbons (Fsp3) is 0.625. The van der Waals surface area contributed by atoms with Gasteiger partial charge in [-0.3, -0.25) is 0 Å². The maximum absolute atomic E-state index is 5.87. The van der Waals surface area contributed by atoms with Gasteiger partial charge in [0.2, 0.25) is 0 Å². The molecule has 0 spiro atoms. The molecule has 0 fully saturated rings. The minimum absolute atomic E-state index is 0.458. The van der Waals surface area contributed by atoms with Gasteiger partial charge in [-0.05, 0) is 28.4 Å². The maximum Gasteiger partial charge on any atom is 0.138 e. The molecule has 20 heavy (non-hydrogen) atoms. The number of benzene rings is 1. The molecule has 0 aliphatic heterocycles. The standard InChI is InChI=1S/C16H26BrNO2/c1-4-5-9-19-10-11-20-16-14(12-18-13(2)3)7-6-8-15(16)17/h6-8,13,18H,4-5,9-12H2,1-3H3. The number of halogens is 1. The van der Waals surface area contributed by atoms with Gasteiger partial charge in [-0.1, -0.05) is 39.3 Å². The zero-order valence-electron chi connectivity index (χ0n) is 12.7. The summed E-state index contributed by atoms with van der Waals surface area (Å²) in [5, 5.41) is 3.42. The molecule has 1 N–H and O–H groups in total. The van der Waals surface area contributed by atoms with Gasteiger partial charge in [-0.15, -0.1) is 0 Å². The Kier molecular flexibility index (Phi) is 8.90. The summed E-state index contributed by atoms with van der Waals surface area (Å²) in [5.74, 6) is 0.916. The lowest BCUT2D eigenvalue weighted by Gasteiger charge is -2.15. The Labute approximate surface area is 131 Å². The average molecular weight is 344 g/mol. The molecule has 1 rings (SSSR count). The molecule has 0 radical (unpaired) electrons. The molecule has 0 heterocycles. The molecular formula is C16H26BrNO2. The molecule has 0 saturated carbocycles. The predicted octanol–water partition coefficient (Wildman–Crippen LogP) is 4.14. The Morgan fingerprint density at radius 3 is 2.70 bits per heavy atom. The van der Waals surface area contributed by atoms with Gasteiger partial charge in [0.15, 0.2) is 0 Å². The zero-order valence-corrected chi connectivity index (χ0v) is 14.3. The Balaban J connectivity index is 2.46.